The Morgan fingerprint density at radius 3 is 1.87 bits per heavy atom. The molecule has 0 saturated heterocycles. The number of anilines is 3. The molecule has 5 aromatic carbocycles. The summed E-state index contributed by atoms with van der Waals surface area (Å²) in [5.41, 5.74) is 9.60. The van der Waals surface area contributed by atoms with Crippen LogP contribution in [0.3, 0.4) is 0 Å². The van der Waals surface area contributed by atoms with Crippen molar-refractivity contribution in [3.8, 4) is 17.2 Å². The highest BCUT2D eigenvalue weighted by Gasteiger charge is 2.38. The maximum atomic E-state index is 14.0. The van der Waals surface area contributed by atoms with Crippen molar-refractivity contribution in [1.29, 1.82) is 0 Å². The summed E-state index contributed by atoms with van der Waals surface area (Å²) >= 11 is 0. The lowest BCUT2D eigenvalue weighted by Crippen LogP contribution is -2.37. The minimum atomic E-state index is -0.319. The highest BCUT2D eigenvalue weighted by molar-refractivity contribution is 6.15. The molecule has 4 aliphatic rings. The molecule has 0 radical (unpaired) electrons. The van der Waals surface area contributed by atoms with Crippen LogP contribution in [0.1, 0.15) is 55.0 Å². The number of benzene rings is 5. The molecule has 0 saturated carbocycles. The second-order valence-electron chi connectivity index (χ2n) is 15.8. The van der Waals surface area contributed by atoms with Gasteiger partial charge in [-0.1, -0.05) is 36.4 Å². The Bertz CT molecular complexity index is 2640. The molecule has 13 heteroatoms. The zero-order valence-electron chi connectivity index (χ0n) is 35.1. The first-order chi connectivity index (χ1) is 30.2. The fraction of sp³-hybridized carbons (Fsp3) is 0.286. The predicted molar refractivity (Wildman–Crippen MR) is 238 cm³/mol. The normalized spacial score (nSPS) is 16.6. The van der Waals surface area contributed by atoms with E-state index in [4.69, 9.17) is 33.7 Å². The van der Waals surface area contributed by atoms with Crippen molar-refractivity contribution >= 4 is 58.6 Å². The largest absolute Gasteiger partial charge is 0.493 e. The molecular weight excluding hydrogens is 787 g/mol. The summed E-state index contributed by atoms with van der Waals surface area (Å²) in [7, 11) is 4.88. The molecule has 0 fully saturated rings. The molecule has 0 unspecified atom stereocenters. The summed E-state index contributed by atoms with van der Waals surface area (Å²) in [4.78, 5) is 54.8. The number of rotatable bonds is 14. The first-order valence-electron chi connectivity index (χ1n) is 20.7. The maximum absolute atomic E-state index is 14.0. The second kappa shape index (κ2) is 17.2. The molecule has 0 N–H and O–H groups in total. The number of aliphatic imine (C=N–C) groups is 2. The minimum Gasteiger partial charge on any atom is -0.493 e. The van der Waals surface area contributed by atoms with Gasteiger partial charge in [0.05, 0.1) is 68.4 Å². The topological polar surface area (TPSA) is 132 Å². The number of fused-ring (bicyclic) bond motifs is 8. The first-order valence-corrected chi connectivity index (χ1v) is 20.7. The van der Waals surface area contributed by atoms with E-state index in [9.17, 15) is 14.4 Å². The molecule has 4 heterocycles. The number of esters is 1. The fourth-order valence-corrected chi connectivity index (χ4v) is 8.53. The van der Waals surface area contributed by atoms with Crippen LogP contribution >= 0.6 is 0 Å². The molecule has 2 amide bonds. The molecule has 5 aromatic rings. The molecule has 13 nitrogen and oxygen atoms in total. The zero-order chi connectivity index (χ0) is 42.9. The van der Waals surface area contributed by atoms with E-state index in [-0.39, 0.29) is 56.1 Å². The number of para-hydroxylation sites is 2. The van der Waals surface area contributed by atoms with Gasteiger partial charge in [-0.15, -0.1) is 0 Å². The van der Waals surface area contributed by atoms with Crippen molar-refractivity contribution in [2.75, 3.05) is 55.7 Å². The number of aryl methyl sites for hydroxylation is 1. The quantitative estimate of drug-likeness (QED) is 0.0814. The Labute approximate surface area is 360 Å². The van der Waals surface area contributed by atoms with Crippen molar-refractivity contribution < 1.29 is 38.1 Å². The molecule has 62 heavy (non-hydrogen) atoms. The Hall–Kier alpha value is -6.99. The van der Waals surface area contributed by atoms with Crippen LogP contribution in [0.2, 0.25) is 0 Å². The van der Waals surface area contributed by atoms with Crippen LogP contribution in [-0.4, -0.2) is 83.3 Å². The molecule has 0 aromatic heterocycles. The Balaban J connectivity index is 0.951. The van der Waals surface area contributed by atoms with E-state index < -0.39 is 0 Å². The molecule has 4 aliphatic heterocycles. The number of carbonyl (C=O) groups excluding carboxylic acids is 3. The van der Waals surface area contributed by atoms with Gasteiger partial charge in [0.1, 0.15) is 19.0 Å². The van der Waals surface area contributed by atoms with Crippen LogP contribution in [0.25, 0.3) is 0 Å². The third-order valence-electron chi connectivity index (χ3n) is 11.8. The van der Waals surface area contributed by atoms with Gasteiger partial charge < -0.3 is 28.6 Å². The standard InChI is InChI=1S/C49H47N5O8/c1-30-17-38-40(50-26-36-21-33-9-5-7-11-42(33)53(36)48(38)56)24-44(30)61-28-31-18-32(20-35(19-31)52(2)14-16-60-15-13-47(55)59-4)29-62-46-25-41-39(23-45(46)58-3)49(57)54-37(27-51-41)22-34-10-6-8-12-43(34)54/h5-12,17-20,23-27,36-37H,13-16,21-22,28-29H2,1-4H3/t36-,37-/m0/s1. The molecule has 0 aliphatic carbocycles. The van der Waals surface area contributed by atoms with Crippen LogP contribution in [0, 0.1) is 6.92 Å². The molecule has 0 spiro atoms. The van der Waals surface area contributed by atoms with E-state index in [2.05, 4.69) is 17.0 Å². The monoisotopic (exact) mass is 833 g/mol. The molecular formula is C49H47N5O8. The number of methoxy groups -OCH3 is 2. The number of nitrogens with zero attached hydrogens (tertiary/aromatic N) is 5. The van der Waals surface area contributed by atoms with Crippen LogP contribution in [0.5, 0.6) is 17.2 Å². The lowest BCUT2D eigenvalue weighted by molar-refractivity contribution is -0.141. The first kappa shape index (κ1) is 40.4. The molecule has 316 valence electrons. The number of hydrogen-bond donors (Lipinski definition) is 0. The van der Waals surface area contributed by atoms with Gasteiger partial charge in [-0.3, -0.25) is 34.2 Å². The highest BCUT2D eigenvalue weighted by atomic mass is 16.5. The molecule has 0 bridgehead atoms. The predicted octanol–water partition coefficient (Wildman–Crippen LogP) is 7.75. The van der Waals surface area contributed by atoms with E-state index in [0.29, 0.717) is 59.3 Å². The van der Waals surface area contributed by atoms with Gasteiger partial charge in [0.15, 0.2) is 11.5 Å². The fourth-order valence-electron chi connectivity index (χ4n) is 8.53. The highest BCUT2D eigenvalue weighted by Crippen LogP contribution is 2.42. The average Bonchev–Trinajstić information content (AvgIpc) is 3.78. The van der Waals surface area contributed by atoms with Gasteiger partial charge in [-0.05, 0) is 77.2 Å². The number of carbonyl (C=O) groups is 3. The minimum absolute atomic E-state index is 0.0765. The van der Waals surface area contributed by atoms with E-state index in [1.165, 1.54) is 7.11 Å². The van der Waals surface area contributed by atoms with Gasteiger partial charge in [0.25, 0.3) is 11.8 Å². The number of amides is 2. The van der Waals surface area contributed by atoms with Crippen LogP contribution < -0.4 is 28.9 Å². The Morgan fingerprint density at radius 1 is 0.710 bits per heavy atom. The summed E-state index contributed by atoms with van der Waals surface area (Å²) in [6, 6.07) is 28.9. The smallest absolute Gasteiger partial charge is 0.307 e. The van der Waals surface area contributed by atoms with Gasteiger partial charge >= 0.3 is 5.97 Å². The Morgan fingerprint density at radius 2 is 1.27 bits per heavy atom. The Kier molecular flexibility index (Phi) is 11.2. The lowest BCUT2D eigenvalue weighted by atomic mass is 10.1. The van der Waals surface area contributed by atoms with Crippen molar-refractivity contribution in [3.63, 3.8) is 0 Å². The molecule has 9 rings (SSSR count). The van der Waals surface area contributed by atoms with Crippen molar-refractivity contribution in [1.82, 2.24) is 0 Å². The van der Waals surface area contributed by atoms with Crippen LogP contribution in [-0.2, 0) is 40.3 Å². The number of hydrogen-bond acceptors (Lipinski definition) is 11. The van der Waals surface area contributed by atoms with Gasteiger partial charge in [0.2, 0.25) is 0 Å². The number of likely N-dealkylation sites (N-methyl/N-ethyl adjacent to an activating group) is 1. The third kappa shape index (κ3) is 7.87. The van der Waals surface area contributed by atoms with Gasteiger partial charge in [-0.2, -0.15) is 0 Å². The molecule has 2 atom stereocenters. The van der Waals surface area contributed by atoms with Gasteiger partial charge in [-0.25, -0.2) is 0 Å². The second-order valence-corrected chi connectivity index (χ2v) is 15.8. The van der Waals surface area contributed by atoms with Crippen LogP contribution in [0.15, 0.2) is 101 Å². The number of ether oxygens (including phenoxy) is 5. The zero-order valence-corrected chi connectivity index (χ0v) is 35.1. The third-order valence-corrected chi connectivity index (χ3v) is 11.8. The SMILES string of the molecule is COC(=O)CCOCCN(C)c1cc(COc2cc3c(cc2C)C(=O)N2c4ccccc4C[C@H]2C=N3)cc(COc2cc3c(cc2OC)C(=O)N2c4ccccc4C[C@H]2C=N3)c1. The summed E-state index contributed by atoms with van der Waals surface area (Å²) in [5.74, 6) is 0.965. The van der Waals surface area contributed by atoms with Gasteiger partial charge in [0, 0.05) is 68.1 Å². The van der Waals surface area contributed by atoms with Crippen LogP contribution in [0.4, 0.5) is 28.4 Å². The average molecular weight is 834 g/mol. The summed E-state index contributed by atoms with van der Waals surface area (Å²) in [5, 5.41) is 0. The van der Waals surface area contributed by atoms with Crippen molar-refractivity contribution in [2.45, 2.75) is 51.5 Å². The lowest BCUT2D eigenvalue weighted by Gasteiger charge is -2.23. The summed E-state index contributed by atoms with van der Waals surface area (Å²) in [6.07, 6.45) is 5.30. The van der Waals surface area contributed by atoms with E-state index >= 15 is 0 Å². The van der Waals surface area contributed by atoms with Crippen molar-refractivity contribution in [3.05, 3.63) is 130 Å². The van der Waals surface area contributed by atoms with E-state index in [0.717, 1.165) is 51.3 Å². The van der Waals surface area contributed by atoms with Crippen molar-refractivity contribution in [2.24, 2.45) is 9.98 Å². The maximum Gasteiger partial charge on any atom is 0.307 e. The summed E-state index contributed by atoms with van der Waals surface area (Å²) in [6.45, 7) is 3.55. The summed E-state index contributed by atoms with van der Waals surface area (Å²) < 4.78 is 29.2. The van der Waals surface area contributed by atoms with E-state index in [1.807, 2.05) is 103 Å². The van der Waals surface area contributed by atoms with E-state index in [1.54, 1.807) is 19.2 Å².